The first-order valence-corrected chi connectivity index (χ1v) is 2.93. The summed E-state index contributed by atoms with van der Waals surface area (Å²) in [5, 5.41) is 2.53. The third-order valence-corrected chi connectivity index (χ3v) is 1.30. The van der Waals surface area contributed by atoms with Gasteiger partial charge in [0.25, 0.3) is 0 Å². The van der Waals surface area contributed by atoms with E-state index in [1.807, 2.05) is 0 Å². The largest absolute Gasteiger partial charge is 0.358 e. The number of hydroxylamine groups is 1. The van der Waals surface area contributed by atoms with E-state index in [1.54, 1.807) is 7.05 Å². The quantitative estimate of drug-likeness (QED) is 0.480. The van der Waals surface area contributed by atoms with E-state index in [0.29, 0.717) is 6.61 Å². The lowest BCUT2D eigenvalue weighted by Crippen LogP contribution is -2.37. The summed E-state index contributed by atoms with van der Waals surface area (Å²) in [7, 11) is 1.61. The predicted octanol–water partition coefficient (Wildman–Crippen LogP) is -0.974. The molecule has 4 heteroatoms. The van der Waals surface area contributed by atoms with Crippen LogP contribution < -0.4 is 10.8 Å². The van der Waals surface area contributed by atoms with Gasteiger partial charge in [-0.05, 0) is 6.42 Å². The van der Waals surface area contributed by atoms with E-state index in [9.17, 15) is 4.79 Å². The van der Waals surface area contributed by atoms with Crippen molar-refractivity contribution in [2.45, 2.75) is 12.5 Å². The minimum atomic E-state index is -0.144. The van der Waals surface area contributed by atoms with E-state index >= 15 is 0 Å². The van der Waals surface area contributed by atoms with Crippen molar-refractivity contribution in [1.29, 1.82) is 0 Å². The van der Waals surface area contributed by atoms with Crippen LogP contribution in [0.4, 0.5) is 0 Å². The normalized spacial score (nSPS) is 26.1. The summed E-state index contributed by atoms with van der Waals surface area (Å²) in [6.07, 6.45) is 0.764. The number of carbonyl (C=O) groups excluding carboxylic acids is 1. The highest BCUT2D eigenvalue weighted by atomic mass is 16.7. The second kappa shape index (κ2) is 2.80. The summed E-state index contributed by atoms with van der Waals surface area (Å²) in [6.45, 7) is 0.623. The number of amides is 1. The maximum atomic E-state index is 10.8. The summed E-state index contributed by atoms with van der Waals surface area (Å²) < 4.78 is 0. The van der Waals surface area contributed by atoms with Crippen molar-refractivity contribution in [1.82, 2.24) is 10.8 Å². The Balaban J connectivity index is 2.32. The first kappa shape index (κ1) is 6.51. The van der Waals surface area contributed by atoms with Crippen molar-refractivity contribution < 1.29 is 9.63 Å². The van der Waals surface area contributed by atoms with Crippen molar-refractivity contribution in [3.05, 3.63) is 0 Å². The fourth-order valence-corrected chi connectivity index (χ4v) is 0.754. The molecule has 0 spiro atoms. The van der Waals surface area contributed by atoms with Gasteiger partial charge in [0, 0.05) is 7.05 Å². The molecule has 0 radical (unpaired) electrons. The van der Waals surface area contributed by atoms with Gasteiger partial charge in [-0.25, -0.2) is 0 Å². The Bertz CT molecular complexity index is 110. The van der Waals surface area contributed by atoms with Crippen LogP contribution in [0.2, 0.25) is 0 Å². The minimum Gasteiger partial charge on any atom is -0.358 e. The molecule has 0 aliphatic carbocycles. The Morgan fingerprint density at radius 3 is 3.11 bits per heavy atom. The van der Waals surface area contributed by atoms with Crippen LogP contribution in [0.25, 0.3) is 0 Å². The maximum Gasteiger partial charge on any atom is 0.239 e. The molecule has 0 bridgehead atoms. The van der Waals surface area contributed by atoms with Gasteiger partial charge < -0.3 is 10.2 Å². The summed E-state index contributed by atoms with van der Waals surface area (Å²) in [6, 6.07) is -0.144. The molecule has 1 heterocycles. The van der Waals surface area contributed by atoms with Crippen molar-refractivity contribution in [2.75, 3.05) is 13.7 Å². The van der Waals surface area contributed by atoms with Crippen LogP contribution in [0.1, 0.15) is 6.42 Å². The van der Waals surface area contributed by atoms with E-state index in [1.165, 1.54) is 0 Å². The molecular formula is C5H10N2O2. The van der Waals surface area contributed by atoms with Crippen LogP contribution in [-0.4, -0.2) is 25.6 Å². The third-order valence-electron chi connectivity index (χ3n) is 1.30. The minimum absolute atomic E-state index is 0.00694. The Kier molecular flexibility index (Phi) is 2.02. The SMILES string of the molecule is CNC(=O)C1CCON1. The van der Waals surface area contributed by atoms with Gasteiger partial charge in [-0.15, -0.1) is 0 Å². The molecular weight excluding hydrogens is 120 g/mol. The smallest absolute Gasteiger partial charge is 0.239 e. The third kappa shape index (κ3) is 1.40. The number of hydrogen-bond donors (Lipinski definition) is 2. The Morgan fingerprint density at radius 1 is 1.89 bits per heavy atom. The molecule has 1 atom stereocenters. The Hall–Kier alpha value is -0.610. The highest BCUT2D eigenvalue weighted by Crippen LogP contribution is 1.99. The molecule has 1 aliphatic rings. The predicted molar refractivity (Wildman–Crippen MR) is 31.6 cm³/mol. The molecule has 1 fully saturated rings. The van der Waals surface area contributed by atoms with E-state index in [4.69, 9.17) is 4.84 Å². The zero-order chi connectivity index (χ0) is 6.69. The Morgan fingerprint density at radius 2 is 2.67 bits per heavy atom. The second-order valence-corrected chi connectivity index (χ2v) is 1.92. The average Bonchev–Trinajstić information content (AvgIpc) is 2.37. The molecule has 1 saturated heterocycles. The Labute approximate surface area is 53.5 Å². The van der Waals surface area contributed by atoms with Gasteiger partial charge in [0.15, 0.2) is 0 Å². The first-order valence-electron chi connectivity index (χ1n) is 2.93. The molecule has 0 saturated carbocycles. The molecule has 52 valence electrons. The van der Waals surface area contributed by atoms with E-state index < -0.39 is 0 Å². The molecule has 0 aromatic heterocycles. The van der Waals surface area contributed by atoms with Crippen LogP contribution in [0, 0.1) is 0 Å². The monoisotopic (exact) mass is 130 g/mol. The molecule has 4 nitrogen and oxygen atoms in total. The first-order chi connectivity index (χ1) is 4.34. The lowest BCUT2D eigenvalue weighted by atomic mass is 10.2. The fraction of sp³-hybridized carbons (Fsp3) is 0.800. The van der Waals surface area contributed by atoms with E-state index in [0.717, 1.165) is 6.42 Å². The average molecular weight is 130 g/mol. The van der Waals surface area contributed by atoms with Crippen LogP contribution >= 0.6 is 0 Å². The summed E-state index contributed by atoms with van der Waals surface area (Å²) in [5.41, 5.74) is 2.60. The molecule has 1 aliphatic heterocycles. The molecule has 2 N–H and O–H groups in total. The number of likely N-dealkylation sites (N-methyl/N-ethyl adjacent to an activating group) is 1. The number of nitrogens with one attached hydrogen (secondary N) is 2. The van der Waals surface area contributed by atoms with Crippen LogP contribution in [-0.2, 0) is 9.63 Å². The standard InChI is InChI=1S/C5H10N2O2/c1-6-5(8)4-2-3-9-7-4/h4,7H,2-3H2,1H3,(H,6,8). The van der Waals surface area contributed by atoms with Crippen LogP contribution in [0.15, 0.2) is 0 Å². The van der Waals surface area contributed by atoms with Crippen molar-refractivity contribution in [3.63, 3.8) is 0 Å². The van der Waals surface area contributed by atoms with E-state index in [2.05, 4.69) is 10.8 Å². The van der Waals surface area contributed by atoms with Gasteiger partial charge >= 0.3 is 0 Å². The number of rotatable bonds is 1. The second-order valence-electron chi connectivity index (χ2n) is 1.92. The lowest BCUT2D eigenvalue weighted by molar-refractivity contribution is -0.123. The summed E-state index contributed by atoms with van der Waals surface area (Å²) >= 11 is 0. The van der Waals surface area contributed by atoms with Gasteiger partial charge in [-0.2, -0.15) is 5.48 Å². The maximum absolute atomic E-state index is 10.8. The van der Waals surface area contributed by atoms with Gasteiger partial charge in [-0.1, -0.05) is 0 Å². The highest BCUT2D eigenvalue weighted by Gasteiger charge is 2.21. The van der Waals surface area contributed by atoms with Crippen molar-refractivity contribution >= 4 is 5.91 Å². The highest BCUT2D eigenvalue weighted by molar-refractivity contribution is 5.81. The lowest BCUT2D eigenvalue weighted by Gasteiger charge is -2.04. The van der Waals surface area contributed by atoms with Gasteiger partial charge in [0.1, 0.15) is 6.04 Å². The molecule has 0 aromatic rings. The molecule has 1 rings (SSSR count). The fourth-order valence-electron chi connectivity index (χ4n) is 0.754. The van der Waals surface area contributed by atoms with Gasteiger partial charge in [-0.3, -0.25) is 4.79 Å². The van der Waals surface area contributed by atoms with Crippen molar-refractivity contribution in [3.8, 4) is 0 Å². The van der Waals surface area contributed by atoms with Gasteiger partial charge in [0.2, 0.25) is 5.91 Å². The molecule has 9 heavy (non-hydrogen) atoms. The van der Waals surface area contributed by atoms with Crippen LogP contribution in [0.5, 0.6) is 0 Å². The molecule has 1 unspecified atom stereocenters. The zero-order valence-electron chi connectivity index (χ0n) is 5.31. The van der Waals surface area contributed by atoms with Crippen LogP contribution in [0.3, 0.4) is 0 Å². The van der Waals surface area contributed by atoms with Gasteiger partial charge in [0.05, 0.1) is 6.61 Å². The molecule has 1 amide bonds. The summed E-state index contributed by atoms with van der Waals surface area (Å²) in [4.78, 5) is 15.5. The number of hydrogen-bond acceptors (Lipinski definition) is 3. The van der Waals surface area contributed by atoms with Crippen molar-refractivity contribution in [2.24, 2.45) is 0 Å². The summed E-state index contributed by atoms with van der Waals surface area (Å²) in [5.74, 6) is -0.00694. The topological polar surface area (TPSA) is 50.4 Å². The van der Waals surface area contributed by atoms with E-state index in [-0.39, 0.29) is 11.9 Å². The number of carbonyl (C=O) groups is 1. The zero-order valence-corrected chi connectivity index (χ0v) is 5.31. The molecule has 0 aromatic carbocycles.